The summed E-state index contributed by atoms with van der Waals surface area (Å²) < 4.78 is 27.1. The number of furan rings is 1. The van der Waals surface area contributed by atoms with E-state index in [1.54, 1.807) is 60.8 Å². The summed E-state index contributed by atoms with van der Waals surface area (Å²) in [5.74, 6) is 0.705. The number of carbonyl (C=O) groups excluding carboxylic acids is 1. The minimum absolute atomic E-state index is 0.111. The molecular formula is C22H16BrClFN3O3. The van der Waals surface area contributed by atoms with E-state index in [2.05, 4.69) is 26.3 Å². The SMILES string of the molecule is O=C(Nc1nn(Cc2ccccc2F)cc1Br)c1ccc(COc2cccc(Cl)c2)o1. The van der Waals surface area contributed by atoms with Gasteiger partial charge in [-0.1, -0.05) is 35.9 Å². The maximum atomic E-state index is 13.9. The number of hydrogen-bond donors (Lipinski definition) is 1. The predicted octanol–water partition coefficient (Wildman–Crippen LogP) is 5.91. The monoisotopic (exact) mass is 503 g/mol. The number of hydrogen-bond acceptors (Lipinski definition) is 4. The van der Waals surface area contributed by atoms with Crippen LogP contribution < -0.4 is 10.1 Å². The van der Waals surface area contributed by atoms with Crippen molar-refractivity contribution in [2.45, 2.75) is 13.2 Å². The first-order chi connectivity index (χ1) is 15.0. The molecule has 1 amide bonds. The molecule has 9 heteroatoms. The number of halogens is 3. The van der Waals surface area contributed by atoms with E-state index < -0.39 is 5.91 Å². The molecule has 1 N–H and O–H groups in total. The van der Waals surface area contributed by atoms with E-state index in [0.717, 1.165) is 0 Å². The number of rotatable bonds is 7. The molecule has 0 bridgehead atoms. The van der Waals surface area contributed by atoms with Gasteiger partial charge in [-0.05, 0) is 52.3 Å². The van der Waals surface area contributed by atoms with Crippen LogP contribution in [0.1, 0.15) is 21.9 Å². The minimum atomic E-state index is -0.467. The van der Waals surface area contributed by atoms with Crippen LogP contribution in [0.15, 0.2) is 75.8 Å². The number of nitrogens with one attached hydrogen (secondary N) is 1. The van der Waals surface area contributed by atoms with Crippen molar-refractivity contribution in [1.82, 2.24) is 9.78 Å². The molecule has 2 aromatic heterocycles. The molecule has 6 nitrogen and oxygen atoms in total. The Hall–Kier alpha value is -3.10. The highest BCUT2D eigenvalue weighted by Gasteiger charge is 2.16. The van der Waals surface area contributed by atoms with E-state index in [1.165, 1.54) is 10.7 Å². The van der Waals surface area contributed by atoms with Crippen molar-refractivity contribution in [2.24, 2.45) is 0 Å². The first-order valence-electron chi connectivity index (χ1n) is 9.23. The highest BCUT2D eigenvalue weighted by Crippen LogP contribution is 2.23. The number of anilines is 1. The van der Waals surface area contributed by atoms with Gasteiger partial charge in [-0.3, -0.25) is 9.48 Å². The normalized spacial score (nSPS) is 10.8. The van der Waals surface area contributed by atoms with E-state index in [9.17, 15) is 9.18 Å². The van der Waals surface area contributed by atoms with Crippen LogP contribution >= 0.6 is 27.5 Å². The van der Waals surface area contributed by atoms with Crippen LogP contribution in [0.4, 0.5) is 10.2 Å². The average molecular weight is 505 g/mol. The summed E-state index contributed by atoms with van der Waals surface area (Å²) in [5, 5.41) is 7.54. The Morgan fingerprint density at radius 2 is 2.03 bits per heavy atom. The van der Waals surface area contributed by atoms with Crippen molar-refractivity contribution < 1.29 is 18.3 Å². The predicted molar refractivity (Wildman–Crippen MR) is 118 cm³/mol. The number of ether oxygens (including phenoxy) is 1. The molecule has 31 heavy (non-hydrogen) atoms. The molecule has 4 aromatic rings. The first-order valence-corrected chi connectivity index (χ1v) is 10.4. The van der Waals surface area contributed by atoms with E-state index in [1.807, 2.05) is 0 Å². The highest BCUT2D eigenvalue weighted by atomic mass is 79.9. The van der Waals surface area contributed by atoms with Gasteiger partial charge in [-0.15, -0.1) is 0 Å². The third-order valence-electron chi connectivity index (χ3n) is 4.30. The summed E-state index contributed by atoms with van der Waals surface area (Å²) in [4.78, 5) is 12.5. The van der Waals surface area contributed by atoms with Crippen molar-refractivity contribution in [3.8, 4) is 5.75 Å². The number of amides is 1. The fraction of sp³-hybridized carbons (Fsp3) is 0.0909. The second kappa shape index (κ2) is 9.36. The second-order valence-electron chi connectivity index (χ2n) is 6.58. The quantitative estimate of drug-likeness (QED) is 0.340. The zero-order valence-corrected chi connectivity index (χ0v) is 18.4. The van der Waals surface area contributed by atoms with Crippen molar-refractivity contribution in [2.75, 3.05) is 5.32 Å². The lowest BCUT2D eigenvalue weighted by atomic mass is 10.2. The Kier molecular flexibility index (Phi) is 6.39. The number of benzene rings is 2. The maximum Gasteiger partial charge on any atom is 0.292 e. The molecular weight excluding hydrogens is 489 g/mol. The summed E-state index contributed by atoms with van der Waals surface area (Å²) in [6, 6.07) is 16.7. The van der Waals surface area contributed by atoms with Crippen LogP contribution in [0, 0.1) is 5.82 Å². The summed E-state index contributed by atoms with van der Waals surface area (Å²) >= 11 is 9.29. The molecule has 0 fully saturated rings. The van der Waals surface area contributed by atoms with Crippen LogP contribution in [0.2, 0.25) is 5.02 Å². The largest absolute Gasteiger partial charge is 0.486 e. The Morgan fingerprint density at radius 1 is 1.19 bits per heavy atom. The van der Waals surface area contributed by atoms with Crippen molar-refractivity contribution in [3.05, 3.63) is 99.3 Å². The van der Waals surface area contributed by atoms with Crippen LogP contribution in [0.3, 0.4) is 0 Å². The average Bonchev–Trinajstić information content (AvgIpc) is 3.35. The smallest absolute Gasteiger partial charge is 0.292 e. The van der Waals surface area contributed by atoms with Crippen molar-refractivity contribution in [3.63, 3.8) is 0 Å². The van der Waals surface area contributed by atoms with Crippen molar-refractivity contribution >= 4 is 39.3 Å². The van der Waals surface area contributed by atoms with Gasteiger partial charge in [-0.2, -0.15) is 5.10 Å². The first kappa shape index (κ1) is 21.1. The molecule has 0 aliphatic rings. The standard InChI is InChI=1S/C22H16BrClFN3O3/c23-18-12-28(11-14-4-1-2-7-19(14)25)27-21(18)26-22(29)20-9-8-17(31-20)13-30-16-6-3-5-15(24)10-16/h1-10,12H,11,13H2,(H,26,27,29). The number of nitrogens with zero attached hydrogens (tertiary/aromatic N) is 2. The summed E-state index contributed by atoms with van der Waals surface area (Å²) in [7, 11) is 0. The van der Waals surface area contributed by atoms with Crippen LogP contribution in [0.25, 0.3) is 0 Å². The van der Waals surface area contributed by atoms with Gasteiger partial charge in [0.2, 0.25) is 0 Å². The third-order valence-corrected chi connectivity index (χ3v) is 5.12. The Balaban J connectivity index is 1.38. The number of aromatic nitrogens is 2. The molecule has 0 atom stereocenters. The summed E-state index contributed by atoms with van der Waals surface area (Å²) in [6.45, 7) is 0.376. The molecule has 158 valence electrons. The van der Waals surface area contributed by atoms with E-state index in [0.29, 0.717) is 32.4 Å². The van der Waals surface area contributed by atoms with Gasteiger partial charge in [-0.25, -0.2) is 4.39 Å². The number of carbonyl (C=O) groups is 1. The lowest BCUT2D eigenvalue weighted by Crippen LogP contribution is -2.12. The van der Waals surface area contributed by atoms with E-state index >= 15 is 0 Å². The lowest BCUT2D eigenvalue weighted by molar-refractivity contribution is 0.0992. The summed E-state index contributed by atoms with van der Waals surface area (Å²) in [6.07, 6.45) is 1.66. The van der Waals surface area contributed by atoms with Crippen molar-refractivity contribution in [1.29, 1.82) is 0 Å². The maximum absolute atomic E-state index is 13.9. The fourth-order valence-corrected chi connectivity index (χ4v) is 3.42. The minimum Gasteiger partial charge on any atom is -0.486 e. The fourth-order valence-electron chi connectivity index (χ4n) is 2.82. The second-order valence-corrected chi connectivity index (χ2v) is 7.87. The van der Waals surface area contributed by atoms with Crippen LogP contribution in [-0.4, -0.2) is 15.7 Å². The molecule has 2 aromatic carbocycles. The van der Waals surface area contributed by atoms with Gasteiger partial charge in [0.15, 0.2) is 11.6 Å². The van der Waals surface area contributed by atoms with E-state index in [4.69, 9.17) is 20.8 Å². The Morgan fingerprint density at radius 3 is 2.84 bits per heavy atom. The molecule has 0 radical (unpaired) electrons. The molecule has 0 aliphatic heterocycles. The van der Waals surface area contributed by atoms with Crippen LogP contribution in [0.5, 0.6) is 5.75 Å². The molecule has 2 heterocycles. The third kappa shape index (κ3) is 5.34. The van der Waals surface area contributed by atoms with Gasteiger partial charge in [0.05, 0.1) is 11.0 Å². The van der Waals surface area contributed by atoms with Gasteiger partial charge in [0.1, 0.15) is 23.9 Å². The van der Waals surface area contributed by atoms with E-state index in [-0.39, 0.29) is 24.7 Å². The molecule has 0 spiro atoms. The van der Waals surface area contributed by atoms with Crippen LogP contribution in [-0.2, 0) is 13.2 Å². The van der Waals surface area contributed by atoms with Gasteiger partial charge < -0.3 is 14.5 Å². The Bertz CT molecular complexity index is 1220. The molecule has 0 saturated carbocycles. The zero-order valence-electron chi connectivity index (χ0n) is 16.0. The Labute approximate surface area is 190 Å². The zero-order chi connectivity index (χ0) is 21.8. The topological polar surface area (TPSA) is 69.3 Å². The summed E-state index contributed by atoms with van der Waals surface area (Å²) in [5.41, 5.74) is 0.491. The van der Waals surface area contributed by atoms with Gasteiger partial charge in [0.25, 0.3) is 5.91 Å². The molecule has 4 rings (SSSR count). The lowest BCUT2D eigenvalue weighted by Gasteiger charge is -2.04. The van der Waals surface area contributed by atoms with Gasteiger partial charge in [0, 0.05) is 16.8 Å². The van der Waals surface area contributed by atoms with Gasteiger partial charge >= 0.3 is 0 Å². The molecule has 0 aliphatic carbocycles. The highest BCUT2D eigenvalue weighted by molar-refractivity contribution is 9.10. The molecule has 0 saturated heterocycles. The molecule has 0 unspecified atom stereocenters.